The maximum absolute atomic E-state index is 13.5. The third-order valence-corrected chi connectivity index (χ3v) is 6.71. The van der Waals surface area contributed by atoms with Crippen LogP contribution in [0.25, 0.3) is 0 Å². The van der Waals surface area contributed by atoms with Gasteiger partial charge in [0.2, 0.25) is 5.91 Å². The second-order valence-corrected chi connectivity index (χ2v) is 9.13. The monoisotopic (exact) mass is 522 g/mol. The normalized spacial score (nSPS) is 11.4. The summed E-state index contributed by atoms with van der Waals surface area (Å²) in [6, 6.07) is 23.1. The molecule has 0 bridgehead atoms. The van der Waals surface area contributed by atoms with Gasteiger partial charge in [0.25, 0.3) is 5.91 Å². The molecule has 1 aromatic heterocycles. The molecule has 2 amide bonds. The number of ether oxygens (including phenoxy) is 2. The first-order valence-corrected chi connectivity index (χ1v) is 12.1. The van der Waals surface area contributed by atoms with Crippen LogP contribution in [0, 0.1) is 0 Å². The van der Waals surface area contributed by atoms with Gasteiger partial charge < -0.3 is 24.5 Å². The molecule has 0 saturated heterocycles. The summed E-state index contributed by atoms with van der Waals surface area (Å²) in [5.74, 6) is 0.443. The second kappa shape index (κ2) is 11.7. The number of nitrogens with one attached hydrogen (secondary N) is 2. The lowest BCUT2D eigenvalue weighted by molar-refractivity contribution is -0.115. The molecule has 0 aliphatic rings. The molecule has 0 saturated carbocycles. The van der Waals surface area contributed by atoms with Crippen molar-refractivity contribution >= 4 is 46.6 Å². The van der Waals surface area contributed by atoms with E-state index in [-0.39, 0.29) is 17.6 Å². The Morgan fingerprint density at radius 1 is 0.889 bits per heavy atom. The van der Waals surface area contributed by atoms with Gasteiger partial charge in [-0.2, -0.15) is 0 Å². The van der Waals surface area contributed by atoms with E-state index < -0.39 is 5.25 Å². The van der Waals surface area contributed by atoms with Crippen LogP contribution in [0.3, 0.4) is 0 Å². The Morgan fingerprint density at radius 2 is 1.67 bits per heavy atom. The van der Waals surface area contributed by atoms with Crippen molar-refractivity contribution in [3.05, 3.63) is 101 Å². The van der Waals surface area contributed by atoms with E-state index in [0.717, 1.165) is 10.5 Å². The van der Waals surface area contributed by atoms with E-state index in [1.165, 1.54) is 32.2 Å². The maximum atomic E-state index is 13.5. The summed E-state index contributed by atoms with van der Waals surface area (Å²) in [6.45, 7) is 0. The van der Waals surface area contributed by atoms with Gasteiger partial charge in [-0.25, -0.2) is 0 Å². The Balaban J connectivity index is 1.58. The average molecular weight is 523 g/mol. The lowest BCUT2D eigenvalue weighted by Gasteiger charge is -2.19. The lowest BCUT2D eigenvalue weighted by Crippen LogP contribution is -2.19. The van der Waals surface area contributed by atoms with Crippen molar-refractivity contribution < 1.29 is 23.5 Å². The van der Waals surface area contributed by atoms with Gasteiger partial charge in [-0.05, 0) is 42.0 Å². The fraction of sp³-hybridized carbons (Fsp3) is 0.111. The highest BCUT2D eigenvalue weighted by molar-refractivity contribution is 8.00. The fourth-order valence-corrected chi connectivity index (χ4v) is 4.76. The van der Waals surface area contributed by atoms with Crippen LogP contribution in [-0.4, -0.2) is 26.0 Å². The highest BCUT2D eigenvalue weighted by Gasteiger charge is 2.24. The molecule has 4 aromatic rings. The Kier molecular flexibility index (Phi) is 8.20. The van der Waals surface area contributed by atoms with E-state index in [0.29, 0.717) is 27.9 Å². The number of anilines is 2. The van der Waals surface area contributed by atoms with Gasteiger partial charge in [-0.1, -0.05) is 48.0 Å². The van der Waals surface area contributed by atoms with E-state index in [2.05, 4.69) is 10.6 Å². The van der Waals surface area contributed by atoms with Crippen molar-refractivity contribution in [2.24, 2.45) is 0 Å². The number of furan rings is 1. The molecule has 7 nitrogen and oxygen atoms in total. The smallest absolute Gasteiger partial charge is 0.291 e. The van der Waals surface area contributed by atoms with Crippen molar-refractivity contribution in [1.82, 2.24) is 0 Å². The third kappa shape index (κ3) is 6.02. The molecule has 1 atom stereocenters. The summed E-state index contributed by atoms with van der Waals surface area (Å²) in [5, 5.41) is 5.48. The number of carbonyl (C=O) groups excluding carboxylic acids is 2. The summed E-state index contributed by atoms with van der Waals surface area (Å²) >= 11 is 7.63. The van der Waals surface area contributed by atoms with Gasteiger partial charge in [-0.3, -0.25) is 9.59 Å². The number of benzene rings is 3. The van der Waals surface area contributed by atoms with Gasteiger partial charge >= 0.3 is 0 Å². The summed E-state index contributed by atoms with van der Waals surface area (Å²) in [6.07, 6.45) is 1.44. The number of thioether (sulfide) groups is 1. The predicted molar refractivity (Wildman–Crippen MR) is 141 cm³/mol. The molecular weight excluding hydrogens is 500 g/mol. The largest absolute Gasteiger partial charge is 0.495 e. The van der Waals surface area contributed by atoms with Crippen molar-refractivity contribution in [2.75, 3.05) is 24.9 Å². The molecule has 0 radical (unpaired) electrons. The van der Waals surface area contributed by atoms with Crippen molar-refractivity contribution in [1.29, 1.82) is 0 Å². The molecule has 1 heterocycles. The van der Waals surface area contributed by atoms with E-state index >= 15 is 0 Å². The molecule has 1 unspecified atom stereocenters. The molecule has 4 rings (SSSR count). The number of hydrogen-bond donors (Lipinski definition) is 2. The van der Waals surface area contributed by atoms with Gasteiger partial charge in [0.1, 0.15) is 16.7 Å². The number of amides is 2. The number of hydrogen-bond acceptors (Lipinski definition) is 6. The first kappa shape index (κ1) is 25.2. The van der Waals surface area contributed by atoms with E-state index in [1.54, 1.807) is 36.4 Å². The van der Waals surface area contributed by atoms with Crippen molar-refractivity contribution in [3.63, 3.8) is 0 Å². The zero-order chi connectivity index (χ0) is 25.5. The molecule has 36 heavy (non-hydrogen) atoms. The van der Waals surface area contributed by atoms with Crippen LogP contribution in [0.5, 0.6) is 11.5 Å². The van der Waals surface area contributed by atoms with Crippen LogP contribution < -0.4 is 20.1 Å². The van der Waals surface area contributed by atoms with Crippen LogP contribution in [-0.2, 0) is 4.79 Å². The van der Waals surface area contributed by atoms with E-state index in [1.807, 2.05) is 42.5 Å². The zero-order valence-electron chi connectivity index (χ0n) is 19.5. The Bertz CT molecular complexity index is 1350. The number of carbonyl (C=O) groups is 2. The molecule has 184 valence electrons. The SMILES string of the molecule is COc1cc(OC)c(NC(=O)C(Sc2cccc(NC(=O)c3ccco3)c2)c2ccccc2)cc1Cl. The second-order valence-electron chi connectivity index (χ2n) is 7.54. The predicted octanol–water partition coefficient (Wildman–Crippen LogP) is 6.67. The molecule has 0 aliphatic heterocycles. The number of rotatable bonds is 9. The molecule has 9 heteroatoms. The van der Waals surface area contributed by atoms with Gasteiger partial charge in [0, 0.05) is 16.6 Å². The first-order chi connectivity index (χ1) is 17.5. The molecule has 0 fully saturated rings. The van der Waals surface area contributed by atoms with Gasteiger partial charge in [-0.15, -0.1) is 11.8 Å². The molecule has 3 aromatic carbocycles. The standard InChI is InChI=1S/C27H23ClN2O5S/c1-33-23-16-24(34-2)21(15-20(23)28)30-27(32)25(17-8-4-3-5-9-17)36-19-11-6-10-18(14-19)29-26(31)22-12-7-13-35-22/h3-16,25H,1-2H3,(H,29,31)(H,30,32). The maximum Gasteiger partial charge on any atom is 0.291 e. The first-order valence-electron chi connectivity index (χ1n) is 10.9. The Hall–Kier alpha value is -3.88. The molecular formula is C27H23ClN2O5S. The Morgan fingerprint density at radius 3 is 2.36 bits per heavy atom. The average Bonchev–Trinajstić information content (AvgIpc) is 3.44. The van der Waals surface area contributed by atoms with Crippen LogP contribution in [0.2, 0.25) is 5.02 Å². The quantitative estimate of drug-likeness (QED) is 0.238. The molecule has 2 N–H and O–H groups in total. The van der Waals surface area contributed by atoms with Crippen molar-refractivity contribution in [3.8, 4) is 11.5 Å². The summed E-state index contributed by atoms with van der Waals surface area (Å²) in [5.41, 5.74) is 1.81. The third-order valence-electron chi connectivity index (χ3n) is 5.16. The summed E-state index contributed by atoms with van der Waals surface area (Å²) in [4.78, 5) is 26.7. The number of halogens is 1. The minimum absolute atomic E-state index is 0.210. The topological polar surface area (TPSA) is 89.8 Å². The van der Waals surface area contributed by atoms with Gasteiger partial charge in [0.05, 0.1) is 31.2 Å². The highest BCUT2D eigenvalue weighted by atomic mass is 35.5. The van der Waals surface area contributed by atoms with Crippen LogP contribution in [0.1, 0.15) is 21.4 Å². The van der Waals surface area contributed by atoms with E-state index in [4.69, 9.17) is 25.5 Å². The van der Waals surface area contributed by atoms with Gasteiger partial charge in [0.15, 0.2) is 5.76 Å². The van der Waals surface area contributed by atoms with Crippen LogP contribution >= 0.6 is 23.4 Å². The number of methoxy groups -OCH3 is 2. The lowest BCUT2D eigenvalue weighted by atomic mass is 10.1. The van der Waals surface area contributed by atoms with Crippen molar-refractivity contribution in [2.45, 2.75) is 10.1 Å². The summed E-state index contributed by atoms with van der Waals surface area (Å²) in [7, 11) is 3.01. The van der Waals surface area contributed by atoms with Crippen LogP contribution in [0.15, 0.2) is 94.4 Å². The minimum Gasteiger partial charge on any atom is -0.495 e. The zero-order valence-corrected chi connectivity index (χ0v) is 21.1. The summed E-state index contributed by atoms with van der Waals surface area (Å²) < 4.78 is 15.8. The molecule has 0 aliphatic carbocycles. The molecule has 0 spiro atoms. The minimum atomic E-state index is -0.604. The Labute approximate surface area is 217 Å². The van der Waals surface area contributed by atoms with Crippen LogP contribution in [0.4, 0.5) is 11.4 Å². The highest BCUT2D eigenvalue weighted by Crippen LogP contribution is 2.40. The fourth-order valence-electron chi connectivity index (χ4n) is 3.44. The van der Waals surface area contributed by atoms with E-state index in [9.17, 15) is 9.59 Å².